The lowest BCUT2D eigenvalue weighted by Crippen LogP contribution is -2.04. The van der Waals surface area contributed by atoms with Gasteiger partial charge < -0.3 is 10.1 Å². The molecular weight excluding hydrogens is 282 g/mol. The van der Waals surface area contributed by atoms with Crippen LogP contribution in [-0.4, -0.2) is 17.3 Å². The first-order valence-corrected chi connectivity index (χ1v) is 6.09. The summed E-state index contributed by atoms with van der Waals surface area (Å²) >= 11 is 3.53. The van der Waals surface area contributed by atoms with E-state index in [1.807, 2.05) is 24.3 Å². The molecule has 0 aliphatic rings. The number of ether oxygens (including phenoxy) is 1. The zero-order valence-corrected chi connectivity index (χ0v) is 11.1. The van der Waals surface area contributed by atoms with Gasteiger partial charge in [0, 0.05) is 29.0 Å². The monoisotopic (exact) mass is 295 g/mol. The first-order valence-electron chi connectivity index (χ1n) is 5.29. The van der Waals surface area contributed by atoms with Gasteiger partial charge in [0.25, 0.3) is 0 Å². The number of aromatic amines is 1. The maximum atomic E-state index is 5.20. The third-order valence-electron chi connectivity index (χ3n) is 2.44. The lowest BCUT2D eigenvalue weighted by molar-refractivity contribution is 0.185. The van der Waals surface area contributed by atoms with Crippen molar-refractivity contribution in [3.05, 3.63) is 46.2 Å². The van der Waals surface area contributed by atoms with Gasteiger partial charge in [0.15, 0.2) is 0 Å². The summed E-state index contributed by atoms with van der Waals surface area (Å²) in [5.74, 6) is 0. The van der Waals surface area contributed by atoms with Crippen molar-refractivity contribution in [2.75, 3.05) is 12.4 Å². The zero-order chi connectivity index (χ0) is 12.1. The average molecular weight is 296 g/mol. The van der Waals surface area contributed by atoms with Gasteiger partial charge in [-0.3, -0.25) is 5.10 Å². The van der Waals surface area contributed by atoms with Gasteiger partial charge in [-0.05, 0) is 18.2 Å². The van der Waals surface area contributed by atoms with E-state index in [-0.39, 0.29) is 0 Å². The third-order valence-corrected chi connectivity index (χ3v) is 3.18. The van der Waals surface area contributed by atoms with Crippen molar-refractivity contribution in [2.24, 2.45) is 0 Å². The molecule has 0 aliphatic heterocycles. The van der Waals surface area contributed by atoms with Crippen molar-refractivity contribution < 1.29 is 4.74 Å². The van der Waals surface area contributed by atoms with Crippen molar-refractivity contribution in [1.29, 1.82) is 0 Å². The summed E-state index contributed by atoms with van der Waals surface area (Å²) in [5, 5.41) is 10.2. The number of anilines is 1. The minimum Gasteiger partial charge on any atom is -0.380 e. The molecule has 4 nitrogen and oxygen atoms in total. The first kappa shape index (κ1) is 12.1. The number of halogens is 1. The highest BCUT2D eigenvalue weighted by Gasteiger charge is 2.06. The lowest BCUT2D eigenvalue weighted by Gasteiger charge is -2.12. The Hall–Kier alpha value is -1.33. The Morgan fingerprint density at radius 3 is 3.00 bits per heavy atom. The molecule has 0 bridgehead atoms. The van der Waals surface area contributed by atoms with Crippen molar-refractivity contribution in [3.8, 4) is 0 Å². The predicted molar refractivity (Wildman–Crippen MR) is 70.8 cm³/mol. The van der Waals surface area contributed by atoms with E-state index in [2.05, 4.69) is 31.4 Å². The van der Waals surface area contributed by atoms with Gasteiger partial charge in [-0.2, -0.15) is 5.10 Å². The summed E-state index contributed by atoms with van der Waals surface area (Å²) in [6.45, 7) is 1.29. The second kappa shape index (κ2) is 5.84. The van der Waals surface area contributed by atoms with Crippen LogP contribution >= 0.6 is 15.9 Å². The highest BCUT2D eigenvalue weighted by molar-refractivity contribution is 9.10. The molecule has 0 aliphatic carbocycles. The number of methoxy groups -OCH3 is 1. The minimum absolute atomic E-state index is 0.576. The van der Waals surface area contributed by atoms with Gasteiger partial charge >= 0.3 is 0 Å². The zero-order valence-electron chi connectivity index (χ0n) is 9.53. The number of rotatable bonds is 5. The quantitative estimate of drug-likeness (QED) is 0.892. The van der Waals surface area contributed by atoms with E-state index in [0.29, 0.717) is 13.2 Å². The molecule has 0 radical (unpaired) electrons. The topological polar surface area (TPSA) is 49.9 Å². The van der Waals surface area contributed by atoms with Gasteiger partial charge in [-0.1, -0.05) is 22.0 Å². The summed E-state index contributed by atoms with van der Waals surface area (Å²) in [4.78, 5) is 0. The number of aromatic nitrogens is 2. The van der Waals surface area contributed by atoms with Crippen LogP contribution in [0.2, 0.25) is 0 Å². The standard InChI is InChI=1S/C12H14BrN3O/c1-17-8-10-11(13)3-2-4-12(10)14-7-9-5-6-15-16-9/h2-6,14H,7-8H2,1H3,(H,15,16). The Labute approximate surface area is 109 Å². The Morgan fingerprint density at radius 2 is 2.29 bits per heavy atom. The number of nitrogens with one attached hydrogen (secondary N) is 2. The van der Waals surface area contributed by atoms with E-state index in [1.165, 1.54) is 0 Å². The smallest absolute Gasteiger partial charge is 0.0744 e. The van der Waals surface area contributed by atoms with Gasteiger partial charge in [0.2, 0.25) is 0 Å². The van der Waals surface area contributed by atoms with Crippen LogP contribution in [0.4, 0.5) is 5.69 Å². The van der Waals surface area contributed by atoms with Crippen LogP contribution in [0.5, 0.6) is 0 Å². The summed E-state index contributed by atoms with van der Waals surface area (Å²) in [6.07, 6.45) is 1.74. The predicted octanol–water partition coefficient (Wildman–Crippen LogP) is 2.93. The molecule has 90 valence electrons. The third kappa shape index (κ3) is 3.08. The molecule has 17 heavy (non-hydrogen) atoms. The van der Waals surface area contributed by atoms with E-state index in [1.54, 1.807) is 13.3 Å². The second-order valence-corrected chi connectivity index (χ2v) is 4.49. The molecule has 0 unspecified atom stereocenters. The van der Waals surface area contributed by atoms with Gasteiger partial charge in [0.1, 0.15) is 0 Å². The average Bonchev–Trinajstić information content (AvgIpc) is 2.83. The lowest BCUT2D eigenvalue weighted by atomic mass is 10.2. The first-order chi connectivity index (χ1) is 8.31. The van der Waals surface area contributed by atoms with Crippen LogP contribution in [0.1, 0.15) is 11.3 Å². The normalized spacial score (nSPS) is 10.5. The largest absolute Gasteiger partial charge is 0.380 e. The van der Waals surface area contributed by atoms with Gasteiger partial charge in [0.05, 0.1) is 18.8 Å². The molecule has 0 saturated heterocycles. The number of benzene rings is 1. The van der Waals surface area contributed by atoms with E-state index < -0.39 is 0 Å². The van der Waals surface area contributed by atoms with Crippen molar-refractivity contribution >= 4 is 21.6 Å². The number of H-pyrrole nitrogens is 1. The van der Waals surface area contributed by atoms with Crippen LogP contribution in [0.15, 0.2) is 34.9 Å². The number of hydrogen-bond acceptors (Lipinski definition) is 3. The molecule has 0 fully saturated rings. The van der Waals surface area contributed by atoms with Crippen molar-refractivity contribution in [2.45, 2.75) is 13.2 Å². The van der Waals surface area contributed by atoms with E-state index in [0.717, 1.165) is 21.4 Å². The molecule has 0 saturated carbocycles. The minimum atomic E-state index is 0.576. The van der Waals surface area contributed by atoms with E-state index in [4.69, 9.17) is 4.74 Å². The summed E-state index contributed by atoms with van der Waals surface area (Å²) in [7, 11) is 1.69. The van der Waals surface area contributed by atoms with Crippen LogP contribution in [0.25, 0.3) is 0 Å². The molecule has 1 heterocycles. The number of hydrogen-bond donors (Lipinski definition) is 2. The van der Waals surface area contributed by atoms with Crippen molar-refractivity contribution in [1.82, 2.24) is 10.2 Å². The summed E-state index contributed by atoms with van der Waals surface area (Å²) in [5.41, 5.74) is 3.23. The van der Waals surface area contributed by atoms with Gasteiger partial charge in [-0.25, -0.2) is 0 Å². The maximum Gasteiger partial charge on any atom is 0.0744 e. The molecule has 0 atom stereocenters. The Morgan fingerprint density at radius 1 is 1.41 bits per heavy atom. The molecule has 0 spiro atoms. The molecule has 1 aromatic carbocycles. The highest BCUT2D eigenvalue weighted by Crippen LogP contribution is 2.25. The molecule has 5 heteroatoms. The van der Waals surface area contributed by atoms with Crippen molar-refractivity contribution in [3.63, 3.8) is 0 Å². The molecule has 2 N–H and O–H groups in total. The number of nitrogens with zero attached hydrogens (tertiary/aromatic N) is 1. The van der Waals surface area contributed by atoms with E-state index >= 15 is 0 Å². The Balaban J connectivity index is 2.11. The van der Waals surface area contributed by atoms with Crippen LogP contribution in [0, 0.1) is 0 Å². The summed E-state index contributed by atoms with van der Waals surface area (Å²) in [6, 6.07) is 7.99. The van der Waals surface area contributed by atoms with Crippen LogP contribution in [0.3, 0.4) is 0 Å². The molecular formula is C12H14BrN3O. The summed E-state index contributed by atoms with van der Waals surface area (Å²) < 4.78 is 6.25. The van der Waals surface area contributed by atoms with Crippen LogP contribution < -0.4 is 5.32 Å². The maximum absolute atomic E-state index is 5.20. The highest BCUT2D eigenvalue weighted by atomic mass is 79.9. The fourth-order valence-electron chi connectivity index (χ4n) is 1.59. The van der Waals surface area contributed by atoms with Crippen LogP contribution in [-0.2, 0) is 17.9 Å². The molecule has 0 amide bonds. The molecule has 2 aromatic rings. The second-order valence-electron chi connectivity index (χ2n) is 3.63. The fourth-order valence-corrected chi connectivity index (χ4v) is 2.07. The Kier molecular flexibility index (Phi) is 4.17. The fraction of sp³-hybridized carbons (Fsp3) is 0.250. The van der Waals surface area contributed by atoms with Gasteiger partial charge in [-0.15, -0.1) is 0 Å². The van der Waals surface area contributed by atoms with E-state index in [9.17, 15) is 0 Å². The molecule has 2 rings (SSSR count). The SMILES string of the molecule is COCc1c(Br)cccc1NCc1ccn[nH]1. The Bertz CT molecular complexity index is 471. The molecule has 1 aromatic heterocycles.